The Morgan fingerprint density at radius 2 is 2.04 bits per heavy atom. The lowest BCUT2D eigenvalue weighted by Gasteiger charge is -2.17. The third-order valence-corrected chi connectivity index (χ3v) is 4.73. The third kappa shape index (κ3) is 3.80. The zero-order valence-corrected chi connectivity index (χ0v) is 15.2. The SMILES string of the molecule is COCc1cn(C2COC3C(OC(=O)Nc4ccc(C)cc4)COC32)nn1. The number of aryl methyl sites for hydroxylation is 1. The number of nitrogens with one attached hydrogen (secondary N) is 1. The molecule has 2 aliphatic heterocycles. The Morgan fingerprint density at radius 1 is 1.26 bits per heavy atom. The third-order valence-electron chi connectivity index (χ3n) is 4.73. The van der Waals surface area contributed by atoms with Crippen LogP contribution in [0.4, 0.5) is 10.5 Å². The maximum absolute atomic E-state index is 12.2. The lowest BCUT2D eigenvalue weighted by Crippen LogP contribution is -2.34. The van der Waals surface area contributed by atoms with E-state index >= 15 is 0 Å². The highest BCUT2D eigenvalue weighted by Gasteiger charge is 2.50. The minimum atomic E-state index is -0.525. The summed E-state index contributed by atoms with van der Waals surface area (Å²) in [6.45, 7) is 3.09. The number of anilines is 1. The summed E-state index contributed by atoms with van der Waals surface area (Å²) in [5.74, 6) is 0. The number of fused-ring (bicyclic) bond motifs is 1. The fourth-order valence-electron chi connectivity index (χ4n) is 3.38. The molecular formula is C18H22N4O5. The molecule has 4 atom stereocenters. The van der Waals surface area contributed by atoms with Gasteiger partial charge in [0.1, 0.15) is 23.9 Å². The molecule has 4 unspecified atom stereocenters. The van der Waals surface area contributed by atoms with Gasteiger partial charge in [0.2, 0.25) is 0 Å². The van der Waals surface area contributed by atoms with E-state index in [1.54, 1.807) is 11.8 Å². The summed E-state index contributed by atoms with van der Waals surface area (Å²) in [6, 6.07) is 7.39. The van der Waals surface area contributed by atoms with Crippen molar-refractivity contribution >= 4 is 11.8 Å². The molecule has 144 valence electrons. The molecule has 9 nitrogen and oxygen atoms in total. The number of nitrogens with zero attached hydrogens (tertiary/aromatic N) is 3. The molecular weight excluding hydrogens is 352 g/mol. The Bertz CT molecular complexity index is 793. The van der Waals surface area contributed by atoms with Crippen LogP contribution in [-0.2, 0) is 25.6 Å². The molecule has 1 aromatic carbocycles. The smallest absolute Gasteiger partial charge is 0.412 e. The first-order valence-electron chi connectivity index (χ1n) is 8.81. The standard InChI is InChI=1S/C18H22N4O5/c1-11-3-5-12(6-4-11)19-18(23)27-15-10-26-16-14(9-25-17(15)16)22-7-13(8-24-2)20-21-22/h3-7,14-17H,8-10H2,1-2H3,(H,19,23). The van der Waals surface area contributed by atoms with Crippen LogP contribution in [-0.4, -0.2) is 59.7 Å². The monoisotopic (exact) mass is 374 g/mol. The van der Waals surface area contributed by atoms with Gasteiger partial charge in [-0.15, -0.1) is 5.10 Å². The van der Waals surface area contributed by atoms with Crippen LogP contribution in [0.2, 0.25) is 0 Å². The second-order valence-corrected chi connectivity index (χ2v) is 6.72. The van der Waals surface area contributed by atoms with Crippen molar-refractivity contribution < 1.29 is 23.7 Å². The van der Waals surface area contributed by atoms with Gasteiger partial charge in [-0.05, 0) is 19.1 Å². The second kappa shape index (κ2) is 7.63. The van der Waals surface area contributed by atoms with Gasteiger partial charge < -0.3 is 18.9 Å². The first kappa shape index (κ1) is 17.9. The van der Waals surface area contributed by atoms with Crippen molar-refractivity contribution in [3.05, 3.63) is 41.7 Å². The van der Waals surface area contributed by atoms with Gasteiger partial charge in [0, 0.05) is 12.8 Å². The Hall–Kier alpha value is -2.49. The van der Waals surface area contributed by atoms with Gasteiger partial charge in [0.25, 0.3) is 0 Å². The van der Waals surface area contributed by atoms with Gasteiger partial charge in [-0.3, -0.25) is 5.32 Å². The molecule has 4 rings (SSSR count). The van der Waals surface area contributed by atoms with Crippen molar-refractivity contribution in [1.82, 2.24) is 15.0 Å². The van der Waals surface area contributed by atoms with Crippen molar-refractivity contribution in [2.75, 3.05) is 25.6 Å². The van der Waals surface area contributed by atoms with Crippen LogP contribution in [0.25, 0.3) is 0 Å². The molecule has 3 heterocycles. The van der Waals surface area contributed by atoms with E-state index in [1.807, 2.05) is 37.4 Å². The minimum absolute atomic E-state index is 0.109. The molecule has 2 aliphatic rings. The lowest BCUT2D eigenvalue weighted by molar-refractivity contribution is 0.00770. The molecule has 0 spiro atoms. The predicted molar refractivity (Wildman–Crippen MR) is 94.3 cm³/mol. The zero-order valence-electron chi connectivity index (χ0n) is 15.2. The summed E-state index contributed by atoms with van der Waals surface area (Å²) in [5.41, 5.74) is 2.54. The molecule has 9 heteroatoms. The molecule has 0 bridgehead atoms. The normalized spacial score (nSPS) is 26.7. The Kier molecular flexibility index (Phi) is 5.06. The number of hydrogen-bond donors (Lipinski definition) is 1. The number of ether oxygens (including phenoxy) is 4. The maximum atomic E-state index is 12.2. The van der Waals surface area contributed by atoms with Crippen LogP contribution >= 0.6 is 0 Å². The van der Waals surface area contributed by atoms with Gasteiger partial charge in [0.05, 0.1) is 26.0 Å². The van der Waals surface area contributed by atoms with E-state index in [0.29, 0.717) is 18.9 Å². The fourth-order valence-corrected chi connectivity index (χ4v) is 3.38. The number of rotatable bonds is 5. The van der Waals surface area contributed by atoms with Crippen molar-refractivity contribution in [3.8, 4) is 0 Å². The van der Waals surface area contributed by atoms with Crippen LogP contribution in [0.15, 0.2) is 30.5 Å². The van der Waals surface area contributed by atoms with Crippen LogP contribution < -0.4 is 5.32 Å². The van der Waals surface area contributed by atoms with Crippen LogP contribution in [0.5, 0.6) is 0 Å². The number of aromatic nitrogens is 3. The van der Waals surface area contributed by atoms with Crippen LogP contribution in [0, 0.1) is 6.92 Å². The summed E-state index contributed by atoms with van der Waals surface area (Å²) in [4.78, 5) is 12.2. The number of benzene rings is 1. The molecule has 0 saturated carbocycles. The van der Waals surface area contributed by atoms with Gasteiger partial charge in [0.15, 0.2) is 6.10 Å². The number of hydrogen-bond acceptors (Lipinski definition) is 7. The average molecular weight is 374 g/mol. The first-order chi connectivity index (χ1) is 13.1. The Labute approximate surface area is 156 Å². The summed E-state index contributed by atoms with van der Waals surface area (Å²) < 4.78 is 24.0. The van der Waals surface area contributed by atoms with E-state index in [9.17, 15) is 4.79 Å². The van der Waals surface area contributed by atoms with Crippen molar-refractivity contribution in [2.45, 2.75) is 37.9 Å². The highest BCUT2D eigenvalue weighted by molar-refractivity contribution is 5.84. The lowest BCUT2D eigenvalue weighted by atomic mass is 10.1. The predicted octanol–water partition coefficient (Wildman–Crippen LogP) is 1.69. The number of carbonyl (C=O) groups excluding carboxylic acids is 1. The topological polar surface area (TPSA) is 96.7 Å². The summed E-state index contributed by atoms with van der Waals surface area (Å²) in [5, 5.41) is 10.9. The highest BCUT2D eigenvalue weighted by Crippen LogP contribution is 2.35. The van der Waals surface area contributed by atoms with Crippen LogP contribution in [0.1, 0.15) is 17.3 Å². The molecule has 27 heavy (non-hydrogen) atoms. The Balaban J connectivity index is 1.35. The van der Waals surface area contributed by atoms with E-state index in [-0.39, 0.29) is 24.9 Å². The molecule has 2 saturated heterocycles. The van der Waals surface area contributed by atoms with E-state index in [1.165, 1.54) is 0 Å². The van der Waals surface area contributed by atoms with E-state index in [4.69, 9.17) is 18.9 Å². The largest absolute Gasteiger partial charge is 0.441 e. The molecule has 2 fully saturated rings. The fraction of sp³-hybridized carbons (Fsp3) is 0.500. The Morgan fingerprint density at radius 3 is 2.81 bits per heavy atom. The number of carbonyl (C=O) groups is 1. The average Bonchev–Trinajstić information content (AvgIpc) is 3.35. The molecule has 0 radical (unpaired) electrons. The molecule has 1 N–H and O–H groups in total. The van der Waals surface area contributed by atoms with E-state index < -0.39 is 12.2 Å². The molecule has 1 aromatic heterocycles. The van der Waals surface area contributed by atoms with Gasteiger partial charge >= 0.3 is 6.09 Å². The minimum Gasteiger partial charge on any atom is -0.441 e. The number of amides is 1. The number of methoxy groups -OCH3 is 1. The van der Waals surface area contributed by atoms with Gasteiger partial charge in [-0.25, -0.2) is 9.48 Å². The highest BCUT2D eigenvalue weighted by atomic mass is 16.6. The molecule has 1 amide bonds. The summed E-state index contributed by atoms with van der Waals surface area (Å²) in [6.07, 6.45) is 0.269. The molecule has 2 aromatic rings. The summed E-state index contributed by atoms with van der Waals surface area (Å²) >= 11 is 0. The summed E-state index contributed by atoms with van der Waals surface area (Å²) in [7, 11) is 1.61. The van der Waals surface area contributed by atoms with Crippen molar-refractivity contribution in [3.63, 3.8) is 0 Å². The van der Waals surface area contributed by atoms with Gasteiger partial charge in [-0.2, -0.15) is 0 Å². The quantitative estimate of drug-likeness (QED) is 0.850. The van der Waals surface area contributed by atoms with Crippen LogP contribution in [0.3, 0.4) is 0 Å². The van der Waals surface area contributed by atoms with Gasteiger partial charge in [-0.1, -0.05) is 22.9 Å². The van der Waals surface area contributed by atoms with Crippen molar-refractivity contribution in [2.24, 2.45) is 0 Å². The van der Waals surface area contributed by atoms with Crippen molar-refractivity contribution in [1.29, 1.82) is 0 Å². The second-order valence-electron chi connectivity index (χ2n) is 6.72. The van der Waals surface area contributed by atoms with E-state index in [0.717, 1.165) is 11.3 Å². The zero-order chi connectivity index (χ0) is 18.8. The first-order valence-corrected chi connectivity index (χ1v) is 8.81. The molecule has 0 aliphatic carbocycles. The maximum Gasteiger partial charge on any atom is 0.412 e. The van der Waals surface area contributed by atoms with E-state index in [2.05, 4.69) is 15.6 Å².